The first-order valence-corrected chi connectivity index (χ1v) is 7.16. The van der Waals surface area contributed by atoms with Crippen LogP contribution in [0.3, 0.4) is 0 Å². The number of thioether (sulfide) groups is 1. The normalized spacial score (nSPS) is 19.4. The van der Waals surface area contributed by atoms with E-state index in [2.05, 4.69) is 5.32 Å². The van der Waals surface area contributed by atoms with Crippen molar-refractivity contribution in [2.45, 2.75) is 6.23 Å². The number of hydrogen-bond donors (Lipinski definition) is 3. The van der Waals surface area contributed by atoms with Crippen LogP contribution in [0.25, 0.3) is 17.4 Å². The zero-order chi connectivity index (χ0) is 15.7. The topological polar surface area (TPSA) is 99.8 Å². The molecule has 1 fully saturated rings. The molecular weight excluding hydrogens is 306 g/mol. The molecule has 3 rings (SSSR count). The first-order valence-electron chi connectivity index (χ1n) is 6.34. The number of carboxylic acids is 1. The fraction of sp³-hybridized carbons (Fsp3) is 0.0667. The van der Waals surface area contributed by atoms with Gasteiger partial charge < -0.3 is 19.9 Å². The van der Waals surface area contributed by atoms with Gasteiger partial charge in [-0.25, -0.2) is 4.79 Å². The molecule has 1 aromatic heterocycles. The van der Waals surface area contributed by atoms with Gasteiger partial charge in [-0.15, -0.1) is 0 Å². The first kappa shape index (κ1) is 14.4. The highest BCUT2D eigenvalue weighted by Crippen LogP contribution is 2.30. The summed E-state index contributed by atoms with van der Waals surface area (Å²) in [5.41, 5.74) is 0.941. The van der Waals surface area contributed by atoms with Crippen molar-refractivity contribution in [2.24, 2.45) is 0 Å². The maximum absolute atomic E-state index is 11.1. The van der Waals surface area contributed by atoms with Crippen LogP contribution in [0.5, 0.6) is 0 Å². The Hall–Kier alpha value is -2.51. The molecule has 0 radical (unpaired) electrons. The lowest BCUT2D eigenvalue weighted by molar-refractivity contribution is 0.0697. The van der Waals surface area contributed by atoms with Gasteiger partial charge >= 0.3 is 5.97 Å². The Kier molecular flexibility index (Phi) is 3.74. The molecule has 1 aliphatic rings. The van der Waals surface area contributed by atoms with Crippen LogP contribution < -0.4 is 5.32 Å². The molecule has 0 spiro atoms. The summed E-state index contributed by atoms with van der Waals surface area (Å²) in [5.74, 6) is 0.0803. The lowest BCUT2D eigenvalue weighted by Gasteiger charge is -2.00. The Morgan fingerprint density at radius 1 is 1.23 bits per heavy atom. The minimum atomic E-state index is -1.01. The van der Waals surface area contributed by atoms with Crippen LogP contribution >= 0.6 is 11.8 Å². The van der Waals surface area contributed by atoms with Gasteiger partial charge in [0.05, 0.1) is 5.56 Å². The summed E-state index contributed by atoms with van der Waals surface area (Å²) in [4.78, 5) is 22.4. The Bertz CT molecular complexity index is 762. The second-order valence-electron chi connectivity index (χ2n) is 4.57. The molecule has 7 heteroatoms. The first-order chi connectivity index (χ1) is 10.5. The van der Waals surface area contributed by atoms with Crippen molar-refractivity contribution in [1.29, 1.82) is 0 Å². The van der Waals surface area contributed by atoms with Gasteiger partial charge in [0, 0.05) is 10.5 Å². The fourth-order valence-electron chi connectivity index (χ4n) is 1.99. The third kappa shape index (κ3) is 2.90. The largest absolute Gasteiger partial charge is 0.478 e. The standard InChI is InChI=1S/C15H11NO5S/c17-13-12(22-15(20)16-13)7-10-5-6-11(21-10)8-1-3-9(4-2-8)14(18)19/h1-7,13,17H,(H,16,20)(H,18,19)/b12-7-. The molecule has 0 bridgehead atoms. The highest BCUT2D eigenvalue weighted by atomic mass is 32.2. The van der Waals surface area contributed by atoms with Crippen LogP contribution in [-0.2, 0) is 0 Å². The predicted molar refractivity (Wildman–Crippen MR) is 81.2 cm³/mol. The number of furan rings is 1. The number of aliphatic hydroxyl groups is 1. The van der Waals surface area contributed by atoms with E-state index in [9.17, 15) is 14.7 Å². The number of hydrogen-bond acceptors (Lipinski definition) is 5. The number of rotatable bonds is 3. The fourth-order valence-corrected chi connectivity index (χ4v) is 2.72. The third-order valence-corrected chi connectivity index (χ3v) is 3.94. The summed E-state index contributed by atoms with van der Waals surface area (Å²) in [7, 11) is 0. The molecule has 1 unspecified atom stereocenters. The quantitative estimate of drug-likeness (QED) is 0.805. The van der Waals surface area contributed by atoms with Gasteiger partial charge in [0.2, 0.25) is 0 Å². The van der Waals surface area contributed by atoms with Crippen molar-refractivity contribution < 1.29 is 24.2 Å². The second-order valence-corrected chi connectivity index (χ2v) is 5.61. The zero-order valence-corrected chi connectivity index (χ0v) is 12.0. The summed E-state index contributed by atoms with van der Waals surface area (Å²) < 4.78 is 5.63. The molecule has 22 heavy (non-hydrogen) atoms. The zero-order valence-electron chi connectivity index (χ0n) is 11.1. The lowest BCUT2D eigenvalue weighted by atomic mass is 10.1. The number of aromatic carboxylic acids is 1. The smallest absolute Gasteiger partial charge is 0.335 e. The minimum Gasteiger partial charge on any atom is -0.478 e. The Morgan fingerprint density at radius 3 is 2.55 bits per heavy atom. The van der Waals surface area contributed by atoms with Gasteiger partial charge in [0.15, 0.2) is 6.23 Å². The molecular formula is C15H11NO5S. The van der Waals surface area contributed by atoms with Crippen LogP contribution in [0.15, 0.2) is 45.7 Å². The van der Waals surface area contributed by atoms with E-state index in [0.29, 0.717) is 16.4 Å². The maximum atomic E-state index is 11.1. The van der Waals surface area contributed by atoms with Gasteiger partial charge in [-0.05, 0) is 42.1 Å². The van der Waals surface area contributed by atoms with E-state index in [1.165, 1.54) is 12.1 Å². The van der Waals surface area contributed by atoms with E-state index < -0.39 is 12.2 Å². The maximum Gasteiger partial charge on any atom is 0.335 e. The molecule has 1 aromatic carbocycles. The summed E-state index contributed by atoms with van der Waals surface area (Å²) in [5, 5.41) is 20.5. The van der Waals surface area contributed by atoms with Gasteiger partial charge in [-0.1, -0.05) is 12.1 Å². The van der Waals surface area contributed by atoms with Crippen LogP contribution in [-0.4, -0.2) is 27.6 Å². The van der Waals surface area contributed by atoms with Crippen LogP contribution in [0.1, 0.15) is 16.1 Å². The molecule has 6 nitrogen and oxygen atoms in total. The molecule has 0 aliphatic carbocycles. The monoisotopic (exact) mass is 317 g/mol. The molecule has 1 aliphatic heterocycles. The van der Waals surface area contributed by atoms with Crippen molar-refractivity contribution in [3.05, 3.63) is 52.6 Å². The number of nitrogens with one attached hydrogen (secondary N) is 1. The predicted octanol–water partition coefficient (Wildman–Crippen LogP) is 2.76. The number of benzene rings is 1. The molecule has 1 atom stereocenters. The summed E-state index contributed by atoms with van der Waals surface area (Å²) in [6, 6.07) is 9.76. The van der Waals surface area contributed by atoms with Gasteiger partial charge in [0.1, 0.15) is 11.5 Å². The van der Waals surface area contributed by atoms with Gasteiger partial charge in [0.25, 0.3) is 5.24 Å². The van der Waals surface area contributed by atoms with E-state index in [4.69, 9.17) is 9.52 Å². The van der Waals surface area contributed by atoms with Crippen molar-refractivity contribution >= 4 is 29.0 Å². The van der Waals surface area contributed by atoms with E-state index in [-0.39, 0.29) is 10.8 Å². The minimum absolute atomic E-state index is 0.202. The molecule has 112 valence electrons. The summed E-state index contributed by atoms with van der Waals surface area (Å²) >= 11 is 0.915. The van der Waals surface area contributed by atoms with Crippen molar-refractivity contribution in [1.82, 2.24) is 5.32 Å². The molecule has 0 saturated carbocycles. The second kappa shape index (κ2) is 5.70. The van der Waals surface area contributed by atoms with Crippen molar-refractivity contribution in [2.75, 3.05) is 0 Å². The van der Waals surface area contributed by atoms with Crippen LogP contribution in [0.2, 0.25) is 0 Å². The van der Waals surface area contributed by atoms with Crippen LogP contribution in [0.4, 0.5) is 4.79 Å². The van der Waals surface area contributed by atoms with Crippen molar-refractivity contribution in [3.8, 4) is 11.3 Å². The highest BCUT2D eigenvalue weighted by molar-refractivity contribution is 8.17. The third-order valence-electron chi connectivity index (χ3n) is 3.06. The number of aliphatic hydroxyl groups excluding tert-OH is 1. The number of carboxylic acid groups (broad SMARTS) is 1. The Labute approximate surface area is 129 Å². The van der Waals surface area contributed by atoms with Crippen LogP contribution in [0, 0.1) is 0 Å². The van der Waals surface area contributed by atoms with E-state index in [1.54, 1.807) is 30.3 Å². The lowest BCUT2D eigenvalue weighted by Crippen LogP contribution is -2.23. The number of amides is 1. The summed E-state index contributed by atoms with van der Waals surface area (Å²) in [6.07, 6.45) is 0.573. The highest BCUT2D eigenvalue weighted by Gasteiger charge is 2.25. The molecule has 1 amide bonds. The molecule has 2 heterocycles. The summed E-state index contributed by atoms with van der Waals surface area (Å²) in [6.45, 7) is 0. The van der Waals surface area contributed by atoms with Gasteiger partial charge in [-0.2, -0.15) is 0 Å². The molecule has 3 N–H and O–H groups in total. The average molecular weight is 317 g/mol. The van der Waals surface area contributed by atoms with Gasteiger partial charge in [-0.3, -0.25) is 4.79 Å². The Morgan fingerprint density at radius 2 is 1.95 bits per heavy atom. The Balaban J connectivity index is 1.83. The van der Waals surface area contributed by atoms with E-state index in [1.807, 2.05) is 0 Å². The van der Waals surface area contributed by atoms with E-state index in [0.717, 1.165) is 17.3 Å². The number of carbonyl (C=O) groups excluding carboxylic acids is 1. The van der Waals surface area contributed by atoms with Crippen molar-refractivity contribution in [3.63, 3.8) is 0 Å². The molecule has 2 aromatic rings. The SMILES string of the molecule is O=C1NC(O)/C(=C/c2ccc(-c3ccc(C(=O)O)cc3)o2)S1. The average Bonchev–Trinajstić information content (AvgIpc) is 3.06. The molecule has 1 saturated heterocycles. The van der Waals surface area contributed by atoms with E-state index >= 15 is 0 Å². The number of carbonyl (C=O) groups is 2.